The normalized spacial score (nSPS) is 35.7. The van der Waals surface area contributed by atoms with Crippen molar-refractivity contribution in [3.63, 3.8) is 0 Å². The van der Waals surface area contributed by atoms with Gasteiger partial charge >= 0.3 is 0 Å². The van der Waals surface area contributed by atoms with Gasteiger partial charge in [-0.25, -0.2) is 0 Å². The average Bonchev–Trinajstić information content (AvgIpc) is 2.30. The van der Waals surface area contributed by atoms with Crippen LogP contribution in [0.25, 0.3) is 0 Å². The fourth-order valence-corrected chi connectivity index (χ4v) is 2.53. The molecule has 2 saturated heterocycles. The fourth-order valence-electron chi connectivity index (χ4n) is 2.53. The number of ether oxygens (including phenoxy) is 1. The average molecular weight is 226 g/mol. The second-order valence-corrected chi connectivity index (χ2v) is 5.12. The van der Waals surface area contributed by atoms with Gasteiger partial charge in [0, 0.05) is 13.2 Å². The van der Waals surface area contributed by atoms with Gasteiger partial charge in [0.1, 0.15) is 0 Å². The van der Waals surface area contributed by atoms with Gasteiger partial charge in [-0.2, -0.15) is 0 Å². The first-order valence-corrected chi connectivity index (χ1v) is 6.34. The Hall–Kier alpha value is -0.610. The minimum absolute atomic E-state index is 0.144. The van der Waals surface area contributed by atoms with E-state index in [1.54, 1.807) is 0 Å². The molecule has 0 aromatic heterocycles. The molecule has 2 rings (SSSR count). The first-order chi connectivity index (χ1) is 7.75. The molecule has 0 aliphatic carbocycles. The van der Waals surface area contributed by atoms with Crippen molar-refractivity contribution in [2.45, 2.75) is 32.2 Å². The highest BCUT2D eigenvalue weighted by molar-refractivity contribution is 5.79. The first-order valence-electron chi connectivity index (χ1n) is 6.34. The summed E-state index contributed by atoms with van der Waals surface area (Å²) in [6.07, 6.45) is 3.12. The lowest BCUT2D eigenvalue weighted by molar-refractivity contribution is -0.127. The summed E-state index contributed by atoms with van der Waals surface area (Å²) >= 11 is 0. The summed E-state index contributed by atoms with van der Waals surface area (Å²) in [4.78, 5) is 12.0. The minimum Gasteiger partial charge on any atom is -0.379 e. The Kier molecular flexibility index (Phi) is 4.18. The summed E-state index contributed by atoms with van der Waals surface area (Å²) in [5.74, 6) is 0.951. The molecular formula is C12H22N2O2. The zero-order valence-corrected chi connectivity index (χ0v) is 10.00. The number of carbonyl (C=O) groups excluding carboxylic acids is 1. The van der Waals surface area contributed by atoms with Crippen LogP contribution < -0.4 is 10.6 Å². The predicted octanol–water partition coefficient (Wildman–Crippen LogP) is 0.527. The van der Waals surface area contributed by atoms with Crippen LogP contribution in [0.3, 0.4) is 0 Å². The molecule has 0 aromatic carbocycles. The van der Waals surface area contributed by atoms with Crippen molar-refractivity contribution in [3.8, 4) is 0 Å². The summed E-state index contributed by atoms with van der Waals surface area (Å²) in [6, 6.07) is 0.235. The van der Waals surface area contributed by atoms with Gasteiger partial charge in [-0.1, -0.05) is 6.92 Å². The van der Waals surface area contributed by atoms with Gasteiger partial charge in [0.05, 0.1) is 18.6 Å². The topological polar surface area (TPSA) is 50.4 Å². The van der Waals surface area contributed by atoms with Crippen LogP contribution in [0.15, 0.2) is 0 Å². The van der Waals surface area contributed by atoms with Gasteiger partial charge in [0.25, 0.3) is 0 Å². The van der Waals surface area contributed by atoms with Crippen LogP contribution in [0.2, 0.25) is 0 Å². The van der Waals surface area contributed by atoms with Crippen LogP contribution in [0.4, 0.5) is 0 Å². The standard InChI is InChI=1S/C12H22N2O2/c1-9-5-10(7-13-6-9)12(15)14-11-3-2-4-16-8-11/h9-11,13H,2-8H2,1H3,(H,14,15). The fraction of sp³-hybridized carbons (Fsp3) is 0.917. The van der Waals surface area contributed by atoms with E-state index in [2.05, 4.69) is 17.6 Å². The van der Waals surface area contributed by atoms with Crippen molar-refractivity contribution in [1.82, 2.24) is 10.6 Å². The molecule has 3 unspecified atom stereocenters. The molecule has 0 spiro atoms. The summed E-state index contributed by atoms with van der Waals surface area (Å²) in [7, 11) is 0. The number of rotatable bonds is 2. The molecule has 0 aromatic rings. The van der Waals surface area contributed by atoms with Crippen molar-refractivity contribution in [2.24, 2.45) is 11.8 Å². The SMILES string of the molecule is CC1CNCC(C(=O)NC2CCCOC2)C1. The lowest BCUT2D eigenvalue weighted by Gasteiger charge is -2.30. The molecule has 2 aliphatic rings. The second kappa shape index (κ2) is 5.64. The molecule has 92 valence electrons. The maximum absolute atomic E-state index is 12.0. The highest BCUT2D eigenvalue weighted by Crippen LogP contribution is 2.16. The third-order valence-electron chi connectivity index (χ3n) is 3.45. The van der Waals surface area contributed by atoms with Crippen molar-refractivity contribution < 1.29 is 9.53 Å². The van der Waals surface area contributed by atoms with Crippen LogP contribution in [0, 0.1) is 11.8 Å². The van der Waals surface area contributed by atoms with E-state index in [1.807, 2.05) is 0 Å². The van der Waals surface area contributed by atoms with Gasteiger partial charge in [-0.3, -0.25) is 4.79 Å². The number of amides is 1. The molecule has 0 radical (unpaired) electrons. The Morgan fingerprint density at radius 3 is 3.00 bits per heavy atom. The van der Waals surface area contributed by atoms with Gasteiger partial charge in [-0.05, 0) is 31.7 Å². The Bertz CT molecular complexity index is 239. The molecule has 2 fully saturated rings. The molecule has 0 saturated carbocycles. The van der Waals surface area contributed by atoms with E-state index in [-0.39, 0.29) is 17.9 Å². The Balaban J connectivity index is 1.77. The zero-order chi connectivity index (χ0) is 11.4. The zero-order valence-electron chi connectivity index (χ0n) is 10.00. The molecule has 16 heavy (non-hydrogen) atoms. The van der Waals surface area contributed by atoms with Crippen molar-refractivity contribution in [1.29, 1.82) is 0 Å². The maximum atomic E-state index is 12.0. The third kappa shape index (κ3) is 3.19. The molecular weight excluding hydrogens is 204 g/mol. The molecule has 2 heterocycles. The van der Waals surface area contributed by atoms with Gasteiger partial charge in [0.15, 0.2) is 0 Å². The summed E-state index contributed by atoms with van der Waals surface area (Å²) in [5, 5.41) is 6.42. The van der Waals surface area contributed by atoms with Crippen molar-refractivity contribution >= 4 is 5.91 Å². The summed E-state index contributed by atoms with van der Waals surface area (Å²) in [6.45, 7) is 5.58. The first kappa shape index (κ1) is 11.9. The van der Waals surface area contributed by atoms with Gasteiger partial charge < -0.3 is 15.4 Å². The molecule has 2 aliphatic heterocycles. The van der Waals surface area contributed by atoms with E-state index < -0.39 is 0 Å². The summed E-state index contributed by atoms with van der Waals surface area (Å²) < 4.78 is 5.36. The largest absolute Gasteiger partial charge is 0.379 e. The predicted molar refractivity (Wildman–Crippen MR) is 62.1 cm³/mol. The number of carbonyl (C=O) groups is 1. The van der Waals surface area contributed by atoms with E-state index >= 15 is 0 Å². The van der Waals surface area contributed by atoms with Crippen molar-refractivity contribution in [3.05, 3.63) is 0 Å². The van der Waals surface area contributed by atoms with Crippen LogP contribution in [0.5, 0.6) is 0 Å². The van der Waals surface area contributed by atoms with E-state index in [0.717, 1.165) is 39.0 Å². The molecule has 4 nitrogen and oxygen atoms in total. The van der Waals surface area contributed by atoms with Crippen LogP contribution in [-0.4, -0.2) is 38.3 Å². The number of hydrogen-bond donors (Lipinski definition) is 2. The van der Waals surface area contributed by atoms with Crippen molar-refractivity contribution in [2.75, 3.05) is 26.3 Å². The minimum atomic E-state index is 0.144. The highest BCUT2D eigenvalue weighted by atomic mass is 16.5. The van der Waals surface area contributed by atoms with E-state index in [9.17, 15) is 4.79 Å². The molecule has 1 amide bonds. The highest BCUT2D eigenvalue weighted by Gasteiger charge is 2.26. The van der Waals surface area contributed by atoms with Crippen LogP contribution in [-0.2, 0) is 9.53 Å². The van der Waals surface area contributed by atoms with E-state index in [1.165, 1.54) is 0 Å². The van der Waals surface area contributed by atoms with Crippen LogP contribution in [0.1, 0.15) is 26.2 Å². The number of hydrogen-bond acceptors (Lipinski definition) is 3. The van der Waals surface area contributed by atoms with E-state index in [4.69, 9.17) is 4.74 Å². The molecule has 4 heteroatoms. The molecule has 2 N–H and O–H groups in total. The van der Waals surface area contributed by atoms with Gasteiger partial charge in [0.2, 0.25) is 5.91 Å². The molecule has 0 bridgehead atoms. The Morgan fingerprint density at radius 2 is 2.31 bits per heavy atom. The second-order valence-electron chi connectivity index (χ2n) is 5.12. The smallest absolute Gasteiger partial charge is 0.224 e. The summed E-state index contributed by atoms with van der Waals surface area (Å²) in [5.41, 5.74) is 0. The third-order valence-corrected chi connectivity index (χ3v) is 3.45. The monoisotopic (exact) mass is 226 g/mol. The lowest BCUT2D eigenvalue weighted by atomic mass is 9.91. The molecule has 3 atom stereocenters. The maximum Gasteiger partial charge on any atom is 0.224 e. The van der Waals surface area contributed by atoms with Gasteiger partial charge in [-0.15, -0.1) is 0 Å². The number of nitrogens with one attached hydrogen (secondary N) is 2. The van der Waals surface area contributed by atoms with Crippen LogP contribution >= 0.6 is 0 Å². The Morgan fingerprint density at radius 1 is 1.44 bits per heavy atom. The number of piperidine rings is 1. The van der Waals surface area contributed by atoms with E-state index in [0.29, 0.717) is 12.5 Å². The lowest BCUT2D eigenvalue weighted by Crippen LogP contribution is -2.48. The Labute approximate surface area is 97.1 Å². The quantitative estimate of drug-likeness (QED) is 0.722.